The Morgan fingerprint density at radius 3 is 2.87 bits per heavy atom. The average Bonchev–Trinajstić information content (AvgIpc) is 2.23. The monoisotopic (exact) mass is 215 g/mol. The molecule has 0 aromatic heterocycles. The predicted molar refractivity (Wildman–Crippen MR) is 59.8 cm³/mol. The first-order chi connectivity index (χ1) is 7.31. The minimum absolute atomic E-state index is 0.223. The van der Waals surface area contributed by atoms with E-state index in [1.807, 2.05) is 0 Å². The van der Waals surface area contributed by atoms with Crippen LogP contribution >= 0.6 is 0 Å². The molecule has 1 N–H and O–H groups in total. The number of esters is 1. The van der Waals surface area contributed by atoms with Crippen molar-refractivity contribution in [3.63, 3.8) is 0 Å². The van der Waals surface area contributed by atoms with Crippen LogP contribution in [0.5, 0.6) is 0 Å². The lowest BCUT2D eigenvalue weighted by Gasteiger charge is -2.05. The van der Waals surface area contributed by atoms with Crippen LogP contribution in [-0.4, -0.2) is 38.9 Å². The molecular weight excluding hydrogens is 194 g/mol. The molecule has 88 valence electrons. The minimum atomic E-state index is -0.254. The number of carbonyl (C=O) groups is 1. The van der Waals surface area contributed by atoms with Crippen molar-refractivity contribution in [1.82, 2.24) is 5.32 Å². The number of rotatable bonds is 10. The SMILES string of the molecule is C=CCNCC(=O)OCCOCCCC. The highest BCUT2D eigenvalue weighted by atomic mass is 16.6. The summed E-state index contributed by atoms with van der Waals surface area (Å²) in [6.45, 7) is 8.02. The summed E-state index contributed by atoms with van der Waals surface area (Å²) in [5, 5.41) is 2.86. The van der Waals surface area contributed by atoms with Crippen molar-refractivity contribution in [3.05, 3.63) is 12.7 Å². The number of nitrogens with one attached hydrogen (secondary N) is 1. The lowest BCUT2D eigenvalue weighted by molar-refractivity contribution is -0.144. The Hall–Kier alpha value is -0.870. The number of carbonyl (C=O) groups excluding carboxylic acids is 1. The molecule has 0 unspecified atom stereocenters. The molecular formula is C11H21NO3. The molecule has 0 bridgehead atoms. The zero-order chi connectivity index (χ0) is 11.4. The van der Waals surface area contributed by atoms with E-state index in [1.165, 1.54) is 0 Å². The van der Waals surface area contributed by atoms with E-state index in [2.05, 4.69) is 18.8 Å². The number of unbranched alkanes of at least 4 members (excludes halogenated alkanes) is 1. The Kier molecular flexibility index (Phi) is 10.6. The van der Waals surface area contributed by atoms with E-state index in [0.29, 0.717) is 19.8 Å². The van der Waals surface area contributed by atoms with Crippen LogP contribution in [0.15, 0.2) is 12.7 Å². The van der Waals surface area contributed by atoms with Gasteiger partial charge in [-0.2, -0.15) is 0 Å². The summed E-state index contributed by atoms with van der Waals surface area (Å²) in [4.78, 5) is 11.0. The van der Waals surface area contributed by atoms with E-state index >= 15 is 0 Å². The van der Waals surface area contributed by atoms with E-state index in [1.54, 1.807) is 6.08 Å². The number of ether oxygens (including phenoxy) is 2. The van der Waals surface area contributed by atoms with E-state index < -0.39 is 0 Å². The molecule has 0 aromatic carbocycles. The van der Waals surface area contributed by atoms with Crippen LogP contribution in [0.3, 0.4) is 0 Å². The number of hydrogen-bond donors (Lipinski definition) is 1. The Balaban J connectivity index is 3.13. The fourth-order valence-electron chi connectivity index (χ4n) is 0.890. The van der Waals surface area contributed by atoms with Crippen LogP contribution < -0.4 is 5.32 Å². The summed E-state index contributed by atoms with van der Waals surface area (Å²) < 4.78 is 10.1. The molecule has 0 saturated heterocycles. The molecule has 0 aliphatic carbocycles. The van der Waals surface area contributed by atoms with Gasteiger partial charge in [0.1, 0.15) is 6.61 Å². The van der Waals surface area contributed by atoms with Gasteiger partial charge in [-0.25, -0.2) is 0 Å². The molecule has 0 saturated carbocycles. The maximum atomic E-state index is 11.0. The number of hydrogen-bond acceptors (Lipinski definition) is 4. The largest absolute Gasteiger partial charge is 0.462 e. The fraction of sp³-hybridized carbons (Fsp3) is 0.727. The molecule has 0 atom stereocenters. The van der Waals surface area contributed by atoms with Gasteiger partial charge in [-0.1, -0.05) is 19.4 Å². The third kappa shape index (κ3) is 11.1. The molecule has 0 aliphatic heterocycles. The second-order valence-corrected chi connectivity index (χ2v) is 3.11. The molecule has 0 aliphatic rings. The topological polar surface area (TPSA) is 47.6 Å². The highest BCUT2D eigenvalue weighted by Gasteiger charge is 2.00. The van der Waals surface area contributed by atoms with Gasteiger partial charge in [0.05, 0.1) is 13.2 Å². The molecule has 4 heteroatoms. The van der Waals surface area contributed by atoms with Crippen LogP contribution in [0.25, 0.3) is 0 Å². The summed E-state index contributed by atoms with van der Waals surface area (Å²) >= 11 is 0. The van der Waals surface area contributed by atoms with Crippen LogP contribution in [0.4, 0.5) is 0 Å². The van der Waals surface area contributed by atoms with E-state index in [0.717, 1.165) is 19.4 Å². The van der Waals surface area contributed by atoms with Gasteiger partial charge in [0, 0.05) is 13.2 Å². The van der Waals surface area contributed by atoms with Crippen molar-refractivity contribution in [3.8, 4) is 0 Å². The van der Waals surface area contributed by atoms with Crippen molar-refractivity contribution < 1.29 is 14.3 Å². The predicted octanol–water partition coefficient (Wildman–Crippen LogP) is 1.12. The third-order valence-electron chi connectivity index (χ3n) is 1.69. The van der Waals surface area contributed by atoms with Gasteiger partial charge in [0.2, 0.25) is 0 Å². The third-order valence-corrected chi connectivity index (χ3v) is 1.69. The van der Waals surface area contributed by atoms with Crippen molar-refractivity contribution >= 4 is 5.97 Å². The quantitative estimate of drug-likeness (QED) is 0.337. The van der Waals surface area contributed by atoms with Gasteiger partial charge < -0.3 is 14.8 Å². The maximum Gasteiger partial charge on any atom is 0.320 e. The lowest BCUT2D eigenvalue weighted by Crippen LogP contribution is -2.25. The van der Waals surface area contributed by atoms with Crippen molar-refractivity contribution in [2.24, 2.45) is 0 Å². The summed E-state index contributed by atoms with van der Waals surface area (Å²) in [7, 11) is 0. The van der Waals surface area contributed by atoms with Crippen LogP contribution in [0.2, 0.25) is 0 Å². The molecule has 0 aromatic rings. The normalized spacial score (nSPS) is 9.93. The summed E-state index contributed by atoms with van der Waals surface area (Å²) in [6.07, 6.45) is 3.86. The molecule has 0 spiro atoms. The van der Waals surface area contributed by atoms with Crippen molar-refractivity contribution in [2.75, 3.05) is 32.9 Å². The second-order valence-electron chi connectivity index (χ2n) is 3.11. The molecule has 0 radical (unpaired) electrons. The Morgan fingerprint density at radius 2 is 2.20 bits per heavy atom. The van der Waals surface area contributed by atoms with Crippen LogP contribution in [0, 0.1) is 0 Å². The van der Waals surface area contributed by atoms with Crippen molar-refractivity contribution in [2.45, 2.75) is 19.8 Å². The summed E-state index contributed by atoms with van der Waals surface area (Å²) in [5.41, 5.74) is 0. The van der Waals surface area contributed by atoms with Gasteiger partial charge in [-0.15, -0.1) is 6.58 Å². The van der Waals surface area contributed by atoms with Crippen LogP contribution in [-0.2, 0) is 14.3 Å². The Morgan fingerprint density at radius 1 is 1.40 bits per heavy atom. The van der Waals surface area contributed by atoms with E-state index in [4.69, 9.17) is 9.47 Å². The fourth-order valence-corrected chi connectivity index (χ4v) is 0.890. The van der Waals surface area contributed by atoms with Gasteiger partial charge in [0.15, 0.2) is 0 Å². The zero-order valence-corrected chi connectivity index (χ0v) is 9.46. The smallest absolute Gasteiger partial charge is 0.320 e. The first kappa shape index (κ1) is 14.1. The average molecular weight is 215 g/mol. The molecule has 0 rings (SSSR count). The Bertz CT molecular complexity index is 171. The molecule has 0 amide bonds. The van der Waals surface area contributed by atoms with E-state index in [-0.39, 0.29) is 12.5 Å². The highest BCUT2D eigenvalue weighted by Crippen LogP contribution is 1.87. The Labute approximate surface area is 91.6 Å². The van der Waals surface area contributed by atoms with Gasteiger partial charge >= 0.3 is 5.97 Å². The van der Waals surface area contributed by atoms with E-state index in [9.17, 15) is 4.79 Å². The first-order valence-electron chi connectivity index (χ1n) is 5.36. The summed E-state index contributed by atoms with van der Waals surface area (Å²) in [6, 6.07) is 0. The minimum Gasteiger partial charge on any atom is -0.462 e. The van der Waals surface area contributed by atoms with Gasteiger partial charge in [-0.05, 0) is 6.42 Å². The van der Waals surface area contributed by atoms with Crippen molar-refractivity contribution in [1.29, 1.82) is 0 Å². The lowest BCUT2D eigenvalue weighted by atomic mass is 10.4. The molecule has 0 fully saturated rings. The molecule has 4 nitrogen and oxygen atoms in total. The van der Waals surface area contributed by atoms with Crippen LogP contribution in [0.1, 0.15) is 19.8 Å². The summed E-state index contributed by atoms with van der Waals surface area (Å²) in [5.74, 6) is -0.254. The zero-order valence-electron chi connectivity index (χ0n) is 9.46. The standard InChI is InChI=1S/C11H21NO3/c1-3-5-7-14-8-9-15-11(13)10-12-6-4-2/h4,12H,2-3,5-10H2,1H3. The highest BCUT2D eigenvalue weighted by molar-refractivity contribution is 5.71. The van der Waals surface area contributed by atoms with Gasteiger partial charge in [0.25, 0.3) is 0 Å². The second kappa shape index (κ2) is 11.2. The molecule has 0 heterocycles. The maximum absolute atomic E-state index is 11.0. The first-order valence-corrected chi connectivity index (χ1v) is 5.36. The molecule has 15 heavy (non-hydrogen) atoms. The van der Waals surface area contributed by atoms with Gasteiger partial charge in [-0.3, -0.25) is 4.79 Å².